The Morgan fingerprint density at radius 2 is 1.72 bits per heavy atom. The van der Waals surface area contributed by atoms with Gasteiger partial charge in [0, 0.05) is 16.8 Å². The highest BCUT2D eigenvalue weighted by molar-refractivity contribution is 6.04. The van der Waals surface area contributed by atoms with Crippen LogP contribution in [0.25, 0.3) is 11.1 Å². The number of pyridine rings is 1. The molecular formula is C26H22F4N2O4. The summed E-state index contributed by atoms with van der Waals surface area (Å²) in [5.74, 6) is -0.734. The Hall–Kier alpha value is -3.34. The first-order valence-corrected chi connectivity index (χ1v) is 11.2. The van der Waals surface area contributed by atoms with Crippen LogP contribution in [-0.2, 0) is 26.9 Å². The van der Waals surface area contributed by atoms with Crippen molar-refractivity contribution in [2.75, 3.05) is 31.7 Å². The number of aryl methyl sites for hydroxylation is 1. The van der Waals surface area contributed by atoms with E-state index >= 15 is 4.39 Å². The Labute approximate surface area is 203 Å². The van der Waals surface area contributed by atoms with E-state index in [9.17, 15) is 23.1 Å². The second-order valence-electron chi connectivity index (χ2n) is 9.17. The summed E-state index contributed by atoms with van der Waals surface area (Å²) < 4.78 is 64.6. The van der Waals surface area contributed by atoms with Gasteiger partial charge < -0.3 is 19.9 Å². The van der Waals surface area contributed by atoms with E-state index in [2.05, 4.69) is 10.3 Å². The highest BCUT2D eigenvalue weighted by Crippen LogP contribution is 2.41. The van der Waals surface area contributed by atoms with E-state index < -0.39 is 28.9 Å². The first kappa shape index (κ1) is 24.4. The number of rotatable bonds is 5. The molecule has 36 heavy (non-hydrogen) atoms. The normalized spacial score (nSPS) is 18.2. The van der Waals surface area contributed by atoms with Crippen LogP contribution < -0.4 is 5.32 Å². The first-order chi connectivity index (χ1) is 17.0. The number of halogens is 4. The second-order valence-corrected chi connectivity index (χ2v) is 9.17. The minimum absolute atomic E-state index is 0.0794. The molecule has 0 unspecified atom stereocenters. The summed E-state index contributed by atoms with van der Waals surface area (Å²) in [6, 6.07) is 10.7. The van der Waals surface area contributed by atoms with E-state index in [-0.39, 0.29) is 37.7 Å². The van der Waals surface area contributed by atoms with Gasteiger partial charge in [-0.25, -0.2) is 4.39 Å². The number of benzene rings is 2. The number of carbonyl (C=O) groups excluding carboxylic acids is 1. The van der Waals surface area contributed by atoms with Gasteiger partial charge in [-0.15, -0.1) is 0 Å². The molecule has 2 saturated heterocycles. The zero-order valence-corrected chi connectivity index (χ0v) is 19.2. The van der Waals surface area contributed by atoms with E-state index in [1.165, 1.54) is 12.3 Å². The molecule has 10 heteroatoms. The van der Waals surface area contributed by atoms with Gasteiger partial charge in [0.05, 0.1) is 43.9 Å². The smallest absolute Gasteiger partial charge is 0.380 e. The van der Waals surface area contributed by atoms with Crippen LogP contribution in [0.5, 0.6) is 0 Å². The maximum atomic E-state index is 15.3. The fourth-order valence-corrected chi connectivity index (χ4v) is 4.15. The molecule has 0 spiro atoms. The fraction of sp³-hybridized carbons (Fsp3) is 0.308. The molecule has 2 aliphatic heterocycles. The van der Waals surface area contributed by atoms with Crippen molar-refractivity contribution < 1.29 is 36.9 Å². The van der Waals surface area contributed by atoms with Crippen LogP contribution in [0.1, 0.15) is 32.7 Å². The highest BCUT2D eigenvalue weighted by atomic mass is 19.4. The predicted molar refractivity (Wildman–Crippen MR) is 122 cm³/mol. The molecule has 0 radical (unpaired) electrons. The average molecular weight is 502 g/mol. The molecule has 1 aromatic heterocycles. The number of amides is 1. The third-order valence-electron chi connectivity index (χ3n) is 6.44. The standard InChI is InChI=1S/C26H22F4N2O4/c1-15-22(9-21(10-31-15)32-23(33)16-3-2-4-18(5-16)26(28,29)30)17-6-19(24(27)11-35-12-24)8-20(7-17)25(34)13-36-14-25/h2-10,34H,11-14H2,1H3,(H,32,33). The van der Waals surface area contributed by atoms with E-state index in [0.717, 1.165) is 18.2 Å². The van der Waals surface area contributed by atoms with Gasteiger partial charge in [0.1, 0.15) is 5.60 Å². The number of hydrogen-bond acceptors (Lipinski definition) is 5. The maximum absolute atomic E-state index is 15.3. The van der Waals surface area contributed by atoms with E-state index in [0.29, 0.717) is 27.9 Å². The van der Waals surface area contributed by atoms with Crippen molar-refractivity contribution in [3.63, 3.8) is 0 Å². The van der Waals surface area contributed by atoms with Crippen LogP contribution in [0, 0.1) is 6.92 Å². The number of nitrogens with one attached hydrogen (secondary N) is 1. The lowest BCUT2D eigenvalue weighted by Crippen LogP contribution is -2.47. The minimum Gasteiger partial charge on any atom is -0.380 e. The Bertz CT molecular complexity index is 1300. The molecule has 2 fully saturated rings. The number of carbonyl (C=O) groups is 1. The Kier molecular flexibility index (Phi) is 5.85. The van der Waals surface area contributed by atoms with Crippen LogP contribution in [0.3, 0.4) is 0 Å². The van der Waals surface area contributed by atoms with Crippen molar-refractivity contribution in [3.05, 3.63) is 82.7 Å². The second kappa shape index (κ2) is 8.65. The molecule has 0 atom stereocenters. The van der Waals surface area contributed by atoms with Crippen molar-refractivity contribution in [1.82, 2.24) is 4.98 Å². The molecule has 3 heterocycles. The molecule has 0 aliphatic carbocycles. The Morgan fingerprint density at radius 3 is 2.33 bits per heavy atom. The lowest BCUT2D eigenvalue weighted by molar-refractivity contribution is -0.184. The van der Waals surface area contributed by atoms with Gasteiger partial charge in [0.2, 0.25) is 0 Å². The van der Waals surface area contributed by atoms with Gasteiger partial charge in [-0.2, -0.15) is 13.2 Å². The number of ether oxygens (including phenoxy) is 2. The van der Waals surface area contributed by atoms with Crippen LogP contribution in [0.15, 0.2) is 54.7 Å². The number of aliphatic hydroxyl groups is 1. The zero-order chi connectivity index (χ0) is 25.7. The predicted octanol–water partition coefficient (Wildman–Crippen LogP) is 4.74. The number of nitrogens with zero attached hydrogens (tertiary/aromatic N) is 1. The van der Waals surface area contributed by atoms with Crippen molar-refractivity contribution in [1.29, 1.82) is 0 Å². The zero-order valence-electron chi connectivity index (χ0n) is 19.2. The van der Waals surface area contributed by atoms with Crippen molar-refractivity contribution in [2.45, 2.75) is 24.4 Å². The molecule has 1 amide bonds. The van der Waals surface area contributed by atoms with E-state index in [1.807, 2.05) is 0 Å². The third-order valence-corrected chi connectivity index (χ3v) is 6.44. The number of aromatic nitrogens is 1. The molecule has 2 aliphatic rings. The number of hydrogen-bond donors (Lipinski definition) is 2. The van der Waals surface area contributed by atoms with Gasteiger partial charge in [0.25, 0.3) is 5.91 Å². The summed E-state index contributed by atoms with van der Waals surface area (Å²) in [6.07, 6.45) is -3.19. The lowest BCUT2D eigenvalue weighted by atomic mass is 9.83. The highest BCUT2D eigenvalue weighted by Gasteiger charge is 2.44. The Morgan fingerprint density at radius 1 is 1.03 bits per heavy atom. The molecule has 5 rings (SSSR count). The first-order valence-electron chi connectivity index (χ1n) is 11.2. The molecule has 2 aromatic carbocycles. The van der Waals surface area contributed by atoms with Gasteiger partial charge in [-0.1, -0.05) is 6.07 Å². The van der Waals surface area contributed by atoms with E-state index in [1.54, 1.807) is 31.2 Å². The monoisotopic (exact) mass is 502 g/mol. The summed E-state index contributed by atoms with van der Waals surface area (Å²) in [6.45, 7) is 1.69. The summed E-state index contributed by atoms with van der Waals surface area (Å²) in [5.41, 5.74) is -1.25. The topological polar surface area (TPSA) is 80.7 Å². The largest absolute Gasteiger partial charge is 0.416 e. The van der Waals surface area contributed by atoms with Crippen LogP contribution in [-0.4, -0.2) is 42.4 Å². The SMILES string of the molecule is Cc1ncc(NC(=O)c2cccc(C(F)(F)F)c2)cc1-c1cc(C2(O)COC2)cc(C2(F)COC2)c1. The van der Waals surface area contributed by atoms with Crippen molar-refractivity contribution >= 4 is 11.6 Å². The van der Waals surface area contributed by atoms with Gasteiger partial charge >= 0.3 is 6.18 Å². The minimum atomic E-state index is -4.58. The van der Waals surface area contributed by atoms with Crippen molar-refractivity contribution in [3.8, 4) is 11.1 Å². The fourth-order valence-electron chi connectivity index (χ4n) is 4.15. The molecule has 188 valence electrons. The van der Waals surface area contributed by atoms with Crippen LogP contribution in [0.4, 0.5) is 23.2 Å². The molecule has 3 aromatic rings. The van der Waals surface area contributed by atoms with E-state index in [4.69, 9.17) is 9.47 Å². The average Bonchev–Trinajstić information content (AvgIpc) is 2.81. The number of alkyl halides is 4. The van der Waals surface area contributed by atoms with Gasteiger partial charge in [-0.3, -0.25) is 9.78 Å². The van der Waals surface area contributed by atoms with Crippen molar-refractivity contribution in [2.24, 2.45) is 0 Å². The lowest BCUT2D eigenvalue weighted by Gasteiger charge is -2.39. The molecule has 0 bridgehead atoms. The summed E-state index contributed by atoms with van der Waals surface area (Å²) >= 11 is 0. The summed E-state index contributed by atoms with van der Waals surface area (Å²) in [4.78, 5) is 17.0. The van der Waals surface area contributed by atoms with Gasteiger partial charge in [-0.05, 0) is 66.1 Å². The third kappa shape index (κ3) is 4.47. The van der Waals surface area contributed by atoms with Crippen LogP contribution in [0.2, 0.25) is 0 Å². The maximum Gasteiger partial charge on any atom is 0.416 e. The van der Waals surface area contributed by atoms with Gasteiger partial charge in [0.15, 0.2) is 5.67 Å². The number of anilines is 1. The quantitative estimate of drug-likeness (QED) is 0.493. The van der Waals surface area contributed by atoms with Crippen LogP contribution >= 0.6 is 0 Å². The summed E-state index contributed by atoms with van der Waals surface area (Å²) in [5, 5.41) is 13.4. The summed E-state index contributed by atoms with van der Waals surface area (Å²) in [7, 11) is 0. The molecule has 2 N–H and O–H groups in total. The molecule has 6 nitrogen and oxygen atoms in total. The molecular weight excluding hydrogens is 480 g/mol. The Balaban J connectivity index is 1.49. The molecule has 0 saturated carbocycles.